The summed E-state index contributed by atoms with van der Waals surface area (Å²) in [4.78, 5) is 13.7. The molecule has 0 aliphatic rings. The number of amides is 1. The van der Waals surface area contributed by atoms with Crippen LogP contribution >= 0.6 is 11.3 Å². The van der Waals surface area contributed by atoms with Gasteiger partial charge >= 0.3 is 0 Å². The molecule has 0 bridgehead atoms. The number of hydrogen-bond acceptors (Lipinski definition) is 4. The highest BCUT2D eigenvalue weighted by Gasteiger charge is 2.14. The third kappa shape index (κ3) is 2.44. The molecule has 0 aliphatic carbocycles. The van der Waals surface area contributed by atoms with Crippen LogP contribution < -0.4 is 11.1 Å². The molecule has 2 heterocycles. The topological polar surface area (TPSA) is 72.9 Å². The number of rotatable bonds is 4. The van der Waals surface area contributed by atoms with Crippen LogP contribution in [-0.2, 0) is 7.05 Å². The van der Waals surface area contributed by atoms with Crippen molar-refractivity contribution >= 4 is 17.2 Å². The third-order valence-electron chi connectivity index (χ3n) is 2.67. The predicted octanol–water partition coefficient (Wildman–Crippen LogP) is 1.15. The first kappa shape index (κ1) is 12.8. The van der Waals surface area contributed by atoms with Crippen LogP contribution in [0, 0.1) is 6.92 Å². The minimum absolute atomic E-state index is 0.0676. The molecule has 0 saturated heterocycles. The van der Waals surface area contributed by atoms with E-state index in [1.165, 1.54) is 11.3 Å². The fourth-order valence-electron chi connectivity index (χ4n) is 1.76. The molecule has 0 unspecified atom stereocenters. The molecule has 2 aromatic rings. The normalized spacial score (nSPS) is 10.6. The molecule has 18 heavy (non-hydrogen) atoms. The Labute approximate surface area is 110 Å². The van der Waals surface area contributed by atoms with Crippen LogP contribution in [0.25, 0.3) is 11.3 Å². The van der Waals surface area contributed by atoms with E-state index < -0.39 is 0 Å². The van der Waals surface area contributed by atoms with Crippen molar-refractivity contribution in [2.24, 2.45) is 12.8 Å². The maximum atomic E-state index is 11.8. The zero-order valence-corrected chi connectivity index (χ0v) is 11.3. The number of carbonyl (C=O) groups excluding carboxylic acids is 1. The highest BCUT2D eigenvalue weighted by Crippen LogP contribution is 2.30. The van der Waals surface area contributed by atoms with E-state index in [0.29, 0.717) is 18.0 Å². The Balaban J connectivity index is 2.28. The maximum Gasteiger partial charge on any atom is 0.261 e. The van der Waals surface area contributed by atoms with E-state index in [9.17, 15) is 4.79 Å². The number of hydrogen-bond donors (Lipinski definition) is 2. The highest BCUT2D eigenvalue weighted by molar-refractivity contribution is 7.14. The van der Waals surface area contributed by atoms with Crippen LogP contribution in [0.15, 0.2) is 18.3 Å². The Bertz CT molecular complexity index is 558. The van der Waals surface area contributed by atoms with Gasteiger partial charge in [-0.25, -0.2) is 0 Å². The van der Waals surface area contributed by atoms with Gasteiger partial charge in [-0.15, -0.1) is 11.3 Å². The van der Waals surface area contributed by atoms with Gasteiger partial charge in [-0.2, -0.15) is 5.10 Å². The van der Waals surface area contributed by atoms with Crippen LogP contribution in [0.5, 0.6) is 0 Å². The minimum atomic E-state index is -0.0676. The largest absolute Gasteiger partial charge is 0.350 e. The lowest BCUT2D eigenvalue weighted by Gasteiger charge is -2.00. The Morgan fingerprint density at radius 3 is 3.00 bits per heavy atom. The number of nitrogens with zero attached hydrogens (tertiary/aromatic N) is 2. The number of aromatic nitrogens is 2. The Morgan fingerprint density at radius 2 is 2.39 bits per heavy atom. The first-order valence-corrected chi connectivity index (χ1v) is 6.52. The van der Waals surface area contributed by atoms with E-state index in [4.69, 9.17) is 5.73 Å². The van der Waals surface area contributed by atoms with Gasteiger partial charge in [0.15, 0.2) is 0 Å². The SMILES string of the molecule is Cc1sc(C(=O)NCCN)cc1-c1ccnn1C. The van der Waals surface area contributed by atoms with E-state index in [-0.39, 0.29) is 5.91 Å². The molecule has 5 nitrogen and oxygen atoms in total. The summed E-state index contributed by atoms with van der Waals surface area (Å²) in [7, 11) is 1.89. The molecular formula is C12H16N4OS. The summed E-state index contributed by atoms with van der Waals surface area (Å²) in [5.74, 6) is -0.0676. The summed E-state index contributed by atoms with van der Waals surface area (Å²) in [5.41, 5.74) is 7.43. The summed E-state index contributed by atoms with van der Waals surface area (Å²) in [6.45, 7) is 2.95. The van der Waals surface area contributed by atoms with Gasteiger partial charge in [0, 0.05) is 36.8 Å². The molecule has 96 valence electrons. The van der Waals surface area contributed by atoms with Gasteiger partial charge in [0.2, 0.25) is 0 Å². The van der Waals surface area contributed by atoms with Crippen molar-refractivity contribution in [3.8, 4) is 11.3 Å². The van der Waals surface area contributed by atoms with Gasteiger partial charge in [-0.1, -0.05) is 0 Å². The van der Waals surface area contributed by atoms with Gasteiger partial charge in [-0.05, 0) is 19.1 Å². The van der Waals surface area contributed by atoms with Gasteiger partial charge in [0.05, 0.1) is 10.6 Å². The van der Waals surface area contributed by atoms with Crippen molar-refractivity contribution in [2.45, 2.75) is 6.92 Å². The zero-order valence-electron chi connectivity index (χ0n) is 10.4. The van der Waals surface area contributed by atoms with E-state index in [1.54, 1.807) is 10.9 Å². The average Bonchev–Trinajstić information content (AvgIpc) is 2.92. The minimum Gasteiger partial charge on any atom is -0.350 e. The number of aryl methyl sites for hydroxylation is 2. The quantitative estimate of drug-likeness (QED) is 0.870. The molecule has 0 aromatic carbocycles. The molecule has 3 N–H and O–H groups in total. The Morgan fingerprint density at radius 1 is 1.61 bits per heavy atom. The molecule has 0 fully saturated rings. The van der Waals surface area contributed by atoms with E-state index >= 15 is 0 Å². The lowest BCUT2D eigenvalue weighted by Crippen LogP contribution is -2.28. The second-order valence-electron chi connectivity index (χ2n) is 3.97. The first-order valence-electron chi connectivity index (χ1n) is 5.70. The molecule has 6 heteroatoms. The van der Waals surface area contributed by atoms with Crippen LogP contribution in [0.4, 0.5) is 0 Å². The molecule has 0 atom stereocenters. The molecule has 2 aromatic heterocycles. The third-order valence-corrected chi connectivity index (χ3v) is 3.72. The van der Waals surface area contributed by atoms with Crippen molar-refractivity contribution in [3.05, 3.63) is 28.1 Å². The summed E-state index contributed by atoms with van der Waals surface area (Å²) >= 11 is 1.49. The number of nitrogens with two attached hydrogens (primary N) is 1. The summed E-state index contributed by atoms with van der Waals surface area (Å²) in [6.07, 6.45) is 1.75. The van der Waals surface area contributed by atoms with Crippen molar-refractivity contribution < 1.29 is 4.79 Å². The zero-order chi connectivity index (χ0) is 13.1. The van der Waals surface area contributed by atoms with E-state index in [0.717, 1.165) is 16.1 Å². The van der Waals surface area contributed by atoms with Crippen molar-refractivity contribution in [3.63, 3.8) is 0 Å². The van der Waals surface area contributed by atoms with Gasteiger partial charge in [0.1, 0.15) is 0 Å². The fraction of sp³-hybridized carbons (Fsp3) is 0.333. The fourth-order valence-corrected chi connectivity index (χ4v) is 2.70. The number of thiophene rings is 1. The van der Waals surface area contributed by atoms with Crippen molar-refractivity contribution in [1.29, 1.82) is 0 Å². The molecule has 0 spiro atoms. The molecule has 2 rings (SSSR count). The molecule has 0 aliphatic heterocycles. The molecular weight excluding hydrogens is 248 g/mol. The second-order valence-corrected chi connectivity index (χ2v) is 5.22. The summed E-state index contributed by atoms with van der Waals surface area (Å²) in [6, 6.07) is 3.85. The van der Waals surface area contributed by atoms with Crippen molar-refractivity contribution in [1.82, 2.24) is 15.1 Å². The van der Waals surface area contributed by atoms with Crippen molar-refractivity contribution in [2.75, 3.05) is 13.1 Å². The maximum absolute atomic E-state index is 11.8. The summed E-state index contributed by atoms with van der Waals surface area (Å²) in [5, 5.41) is 6.92. The highest BCUT2D eigenvalue weighted by atomic mass is 32.1. The van der Waals surface area contributed by atoms with E-state index in [1.807, 2.05) is 26.1 Å². The lowest BCUT2D eigenvalue weighted by atomic mass is 10.2. The van der Waals surface area contributed by atoms with Crippen LogP contribution in [0.2, 0.25) is 0 Å². The van der Waals surface area contributed by atoms with Gasteiger partial charge in [0.25, 0.3) is 5.91 Å². The molecule has 0 radical (unpaired) electrons. The first-order chi connectivity index (χ1) is 8.63. The van der Waals surface area contributed by atoms with Crippen LogP contribution in [-0.4, -0.2) is 28.8 Å². The Hall–Kier alpha value is -1.66. The molecule has 1 amide bonds. The molecule has 0 saturated carbocycles. The second kappa shape index (κ2) is 5.32. The number of carbonyl (C=O) groups is 1. The number of nitrogens with one attached hydrogen (secondary N) is 1. The average molecular weight is 264 g/mol. The smallest absolute Gasteiger partial charge is 0.261 e. The van der Waals surface area contributed by atoms with Crippen LogP contribution in [0.1, 0.15) is 14.5 Å². The van der Waals surface area contributed by atoms with E-state index in [2.05, 4.69) is 10.4 Å². The summed E-state index contributed by atoms with van der Waals surface area (Å²) < 4.78 is 1.80. The standard InChI is InChI=1S/C12H16N4OS/c1-8-9(10-3-5-15-16(10)2)7-11(18-8)12(17)14-6-4-13/h3,5,7H,4,6,13H2,1-2H3,(H,14,17). The lowest BCUT2D eigenvalue weighted by molar-refractivity contribution is 0.0959. The Kier molecular flexibility index (Phi) is 3.78. The van der Waals surface area contributed by atoms with Crippen LogP contribution in [0.3, 0.4) is 0 Å². The monoisotopic (exact) mass is 264 g/mol. The van der Waals surface area contributed by atoms with Gasteiger partial charge < -0.3 is 11.1 Å². The predicted molar refractivity (Wildman–Crippen MR) is 72.6 cm³/mol. The van der Waals surface area contributed by atoms with Gasteiger partial charge in [-0.3, -0.25) is 9.48 Å².